The van der Waals surface area contributed by atoms with Gasteiger partial charge in [-0.3, -0.25) is 4.79 Å². The lowest BCUT2D eigenvalue weighted by molar-refractivity contribution is -0.122. The minimum Gasteiger partial charge on any atom is -0.398 e. The summed E-state index contributed by atoms with van der Waals surface area (Å²) in [5.74, 6) is 0.0525. The van der Waals surface area contributed by atoms with Gasteiger partial charge in [0.25, 0.3) is 0 Å². The van der Waals surface area contributed by atoms with Crippen molar-refractivity contribution in [3.05, 3.63) is 22.7 Å². The number of ether oxygens (including phenoxy) is 1. The number of nitrogen functional groups attached to an aromatic ring is 1. The van der Waals surface area contributed by atoms with Crippen LogP contribution in [0.3, 0.4) is 0 Å². The first-order valence-electron chi connectivity index (χ1n) is 6.02. The van der Waals surface area contributed by atoms with E-state index in [0.29, 0.717) is 23.9 Å². The summed E-state index contributed by atoms with van der Waals surface area (Å²) in [5.41, 5.74) is 7.87. The number of nitrogens with one attached hydrogen (secondary N) is 1. The average Bonchev–Trinajstić information content (AvgIpc) is 2.37. The molecule has 1 aliphatic heterocycles. The molecule has 2 rings (SSSR count). The highest BCUT2D eigenvalue weighted by atomic mass is 35.5. The Morgan fingerprint density at radius 2 is 2.11 bits per heavy atom. The fourth-order valence-electron chi connectivity index (χ4n) is 2.03. The number of nitrogens with two attached hydrogens (primary N) is 1. The fourth-order valence-corrected chi connectivity index (χ4v) is 2.20. The molecule has 1 fully saturated rings. The summed E-state index contributed by atoms with van der Waals surface area (Å²) in [7, 11) is 0. The SMILES string of the molecule is Cc1cc(N)c(Cl)cc1NC(=O)C1CCOCC1. The molecule has 1 aromatic rings. The Hall–Kier alpha value is -1.26. The number of amides is 1. The van der Waals surface area contributed by atoms with Crippen LogP contribution in [-0.2, 0) is 9.53 Å². The van der Waals surface area contributed by atoms with E-state index in [2.05, 4.69) is 5.32 Å². The molecular formula is C13H17ClN2O2. The summed E-state index contributed by atoms with van der Waals surface area (Å²) < 4.78 is 5.24. The number of hydrogen-bond donors (Lipinski definition) is 2. The van der Waals surface area contributed by atoms with Crippen LogP contribution in [0.2, 0.25) is 5.02 Å². The molecule has 98 valence electrons. The molecule has 4 nitrogen and oxygen atoms in total. The average molecular weight is 269 g/mol. The highest BCUT2D eigenvalue weighted by molar-refractivity contribution is 6.33. The molecule has 0 aromatic heterocycles. The third-order valence-corrected chi connectivity index (χ3v) is 3.52. The molecule has 0 spiro atoms. The van der Waals surface area contributed by atoms with E-state index < -0.39 is 0 Å². The predicted octanol–water partition coefficient (Wildman–Crippen LogP) is 2.60. The third-order valence-electron chi connectivity index (χ3n) is 3.19. The molecule has 0 saturated carbocycles. The van der Waals surface area contributed by atoms with Crippen molar-refractivity contribution in [2.24, 2.45) is 5.92 Å². The lowest BCUT2D eigenvalue weighted by Gasteiger charge is -2.21. The van der Waals surface area contributed by atoms with Crippen LogP contribution in [0, 0.1) is 12.8 Å². The van der Waals surface area contributed by atoms with Gasteiger partial charge < -0.3 is 15.8 Å². The number of halogens is 1. The van der Waals surface area contributed by atoms with E-state index in [-0.39, 0.29) is 11.8 Å². The van der Waals surface area contributed by atoms with Crippen LogP contribution < -0.4 is 11.1 Å². The Kier molecular flexibility index (Phi) is 4.09. The maximum Gasteiger partial charge on any atom is 0.227 e. The Balaban J connectivity index is 2.08. The highest BCUT2D eigenvalue weighted by Crippen LogP contribution is 2.27. The number of carbonyl (C=O) groups is 1. The Morgan fingerprint density at radius 3 is 2.78 bits per heavy atom. The molecule has 18 heavy (non-hydrogen) atoms. The normalized spacial score (nSPS) is 16.6. The van der Waals surface area contributed by atoms with Crippen LogP contribution in [0.4, 0.5) is 11.4 Å². The van der Waals surface area contributed by atoms with Gasteiger partial charge in [-0.05, 0) is 37.5 Å². The third kappa shape index (κ3) is 2.94. The highest BCUT2D eigenvalue weighted by Gasteiger charge is 2.22. The topological polar surface area (TPSA) is 64.3 Å². The summed E-state index contributed by atoms with van der Waals surface area (Å²) in [6.45, 7) is 3.20. The minimum absolute atomic E-state index is 0.0227. The minimum atomic E-state index is 0.0227. The van der Waals surface area contributed by atoms with Gasteiger partial charge in [-0.15, -0.1) is 0 Å². The van der Waals surface area contributed by atoms with E-state index in [9.17, 15) is 4.79 Å². The standard InChI is InChI=1S/C13H17ClN2O2/c1-8-6-11(15)10(14)7-12(8)16-13(17)9-2-4-18-5-3-9/h6-7,9H,2-5,15H2,1H3,(H,16,17). The molecule has 1 aromatic carbocycles. The smallest absolute Gasteiger partial charge is 0.227 e. The van der Waals surface area contributed by atoms with Crippen molar-refractivity contribution in [2.45, 2.75) is 19.8 Å². The van der Waals surface area contributed by atoms with Gasteiger partial charge in [0, 0.05) is 24.8 Å². The first-order chi connectivity index (χ1) is 8.58. The van der Waals surface area contributed by atoms with Crippen molar-refractivity contribution >= 4 is 28.9 Å². The molecule has 0 atom stereocenters. The van der Waals surface area contributed by atoms with Crippen LogP contribution in [0.1, 0.15) is 18.4 Å². The maximum absolute atomic E-state index is 12.1. The summed E-state index contributed by atoms with van der Waals surface area (Å²) >= 11 is 5.96. The number of aryl methyl sites for hydroxylation is 1. The quantitative estimate of drug-likeness (QED) is 0.811. The zero-order chi connectivity index (χ0) is 13.1. The molecule has 0 aliphatic carbocycles. The van der Waals surface area contributed by atoms with Crippen LogP contribution in [0.25, 0.3) is 0 Å². The molecule has 5 heteroatoms. The molecule has 0 radical (unpaired) electrons. The van der Waals surface area contributed by atoms with Crippen LogP contribution in [0.15, 0.2) is 12.1 Å². The number of benzene rings is 1. The van der Waals surface area contributed by atoms with Crippen molar-refractivity contribution in [2.75, 3.05) is 24.3 Å². The van der Waals surface area contributed by atoms with Crippen molar-refractivity contribution in [3.8, 4) is 0 Å². The van der Waals surface area contributed by atoms with Crippen molar-refractivity contribution in [3.63, 3.8) is 0 Å². The molecule has 1 amide bonds. The number of hydrogen-bond acceptors (Lipinski definition) is 3. The van der Waals surface area contributed by atoms with Gasteiger partial charge in [-0.25, -0.2) is 0 Å². The Labute approximate surface area is 111 Å². The lowest BCUT2D eigenvalue weighted by Crippen LogP contribution is -2.28. The molecule has 1 saturated heterocycles. The number of rotatable bonds is 2. The fraction of sp³-hybridized carbons (Fsp3) is 0.462. The van der Waals surface area contributed by atoms with Gasteiger partial charge in [-0.2, -0.15) is 0 Å². The largest absolute Gasteiger partial charge is 0.398 e. The van der Waals surface area contributed by atoms with Gasteiger partial charge in [-0.1, -0.05) is 11.6 Å². The second kappa shape index (κ2) is 5.59. The molecular weight excluding hydrogens is 252 g/mol. The predicted molar refractivity (Wildman–Crippen MR) is 72.8 cm³/mol. The van der Waals surface area contributed by atoms with Gasteiger partial charge in [0.2, 0.25) is 5.91 Å². The summed E-state index contributed by atoms with van der Waals surface area (Å²) in [6, 6.07) is 3.46. The number of anilines is 2. The monoisotopic (exact) mass is 268 g/mol. The second-order valence-corrected chi connectivity index (χ2v) is 4.97. The number of carbonyl (C=O) groups excluding carboxylic acids is 1. The first kappa shape index (κ1) is 13.2. The molecule has 1 aliphatic rings. The van der Waals surface area contributed by atoms with Gasteiger partial charge in [0.1, 0.15) is 0 Å². The zero-order valence-corrected chi connectivity index (χ0v) is 11.1. The van der Waals surface area contributed by atoms with Crippen LogP contribution in [-0.4, -0.2) is 19.1 Å². The molecule has 0 unspecified atom stereocenters. The van der Waals surface area contributed by atoms with Gasteiger partial charge in [0.15, 0.2) is 0 Å². The molecule has 3 N–H and O–H groups in total. The van der Waals surface area contributed by atoms with Crippen molar-refractivity contribution in [1.29, 1.82) is 0 Å². The van der Waals surface area contributed by atoms with E-state index in [4.69, 9.17) is 22.1 Å². The van der Waals surface area contributed by atoms with Gasteiger partial charge in [0.05, 0.1) is 10.7 Å². The van der Waals surface area contributed by atoms with Crippen LogP contribution >= 0.6 is 11.6 Å². The van der Waals surface area contributed by atoms with Crippen molar-refractivity contribution in [1.82, 2.24) is 0 Å². The van der Waals surface area contributed by atoms with Crippen LogP contribution in [0.5, 0.6) is 0 Å². The lowest BCUT2D eigenvalue weighted by atomic mass is 9.99. The second-order valence-electron chi connectivity index (χ2n) is 4.56. The zero-order valence-electron chi connectivity index (χ0n) is 10.3. The Morgan fingerprint density at radius 1 is 1.44 bits per heavy atom. The molecule has 1 heterocycles. The van der Waals surface area contributed by atoms with E-state index in [0.717, 1.165) is 24.1 Å². The van der Waals surface area contributed by atoms with E-state index in [1.54, 1.807) is 12.1 Å². The van der Waals surface area contributed by atoms with E-state index in [1.807, 2.05) is 6.92 Å². The summed E-state index contributed by atoms with van der Waals surface area (Å²) in [6.07, 6.45) is 1.54. The van der Waals surface area contributed by atoms with Crippen molar-refractivity contribution < 1.29 is 9.53 Å². The molecule has 0 bridgehead atoms. The summed E-state index contributed by atoms with van der Waals surface area (Å²) in [5, 5.41) is 3.37. The maximum atomic E-state index is 12.1. The first-order valence-corrected chi connectivity index (χ1v) is 6.40. The van der Waals surface area contributed by atoms with E-state index >= 15 is 0 Å². The summed E-state index contributed by atoms with van der Waals surface area (Å²) in [4.78, 5) is 12.1. The van der Waals surface area contributed by atoms with Gasteiger partial charge >= 0.3 is 0 Å². The van der Waals surface area contributed by atoms with E-state index in [1.165, 1.54) is 0 Å². The Bertz CT molecular complexity index is 457.